The first-order valence-corrected chi connectivity index (χ1v) is 9.16. The summed E-state index contributed by atoms with van der Waals surface area (Å²) >= 11 is 0. The Morgan fingerprint density at radius 2 is 1.96 bits per heavy atom. The molecule has 28 heavy (non-hydrogen) atoms. The third kappa shape index (κ3) is 4.88. The predicted molar refractivity (Wildman–Crippen MR) is 106 cm³/mol. The van der Waals surface area contributed by atoms with Crippen LogP contribution in [0.1, 0.15) is 39.2 Å². The lowest BCUT2D eigenvalue weighted by Crippen LogP contribution is -2.30. The lowest BCUT2D eigenvalue weighted by atomic mass is 10.1. The summed E-state index contributed by atoms with van der Waals surface area (Å²) in [5.41, 5.74) is 3.11. The van der Waals surface area contributed by atoms with Gasteiger partial charge in [0.25, 0.3) is 11.8 Å². The van der Waals surface area contributed by atoms with Crippen molar-refractivity contribution < 1.29 is 14.0 Å². The van der Waals surface area contributed by atoms with Crippen molar-refractivity contribution in [1.82, 2.24) is 15.1 Å². The molecular weight excluding hydrogens is 356 g/mol. The molecule has 1 unspecified atom stereocenters. The second-order valence-corrected chi connectivity index (χ2v) is 6.94. The number of carbonyl (C=O) groups excluding carboxylic acids is 2. The first kappa shape index (κ1) is 19.4. The zero-order chi connectivity index (χ0) is 20.1. The summed E-state index contributed by atoms with van der Waals surface area (Å²) in [6, 6.07) is 12.1. The number of nitrogens with one attached hydrogen (secondary N) is 2. The minimum atomic E-state index is -0.360. The van der Waals surface area contributed by atoms with Gasteiger partial charge in [0.2, 0.25) is 0 Å². The van der Waals surface area contributed by atoms with Crippen LogP contribution < -0.4 is 10.6 Å². The van der Waals surface area contributed by atoms with E-state index >= 15 is 0 Å². The van der Waals surface area contributed by atoms with Crippen molar-refractivity contribution in [2.75, 3.05) is 11.9 Å². The van der Waals surface area contributed by atoms with Gasteiger partial charge >= 0.3 is 0 Å². The largest absolute Gasteiger partial charge is 0.459 e. The van der Waals surface area contributed by atoms with Gasteiger partial charge in [0.05, 0.1) is 12.0 Å². The Labute approximate surface area is 163 Å². The summed E-state index contributed by atoms with van der Waals surface area (Å²) in [5, 5.41) is 10.1. The van der Waals surface area contributed by atoms with Crippen LogP contribution in [0.5, 0.6) is 0 Å². The van der Waals surface area contributed by atoms with Gasteiger partial charge in [0.1, 0.15) is 0 Å². The number of aryl methyl sites for hydroxylation is 2. The van der Waals surface area contributed by atoms with E-state index in [1.54, 1.807) is 36.4 Å². The molecule has 2 heterocycles. The Hall–Kier alpha value is -3.35. The standard InChI is InChI=1S/C21H24N4O3/c1-14(13-25-16(3)10-15(2)24-25)12-22-20(26)17-6-4-7-18(11-17)23-21(27)19-8-5-9-28-19/h4-11,14H,12-13H2,1-3H3,(H,22,26)(H,23,27). The first-order valence-electron chi connectivity index (χ1n) is 9.16. The summed E-state index contributed by atoms with van der Waals surface area (Å²) in [6.07, 6.45) is 1.44. The van der Waals surface area contributed by atoms with E-state index in [2.05, 4.69) is 22.7 Å². The minimum Gasteiger partial charge on any atom is -0.459 e. The monoisotopic (exact) mass is 380 g/mol. The molecule has 0 saturated carbocycles. The van der Waals surface area contributed by atoms with Crippen molar-refractivity contribution in [2.45, 2.75) is 27.3 Å². The number of benzene rings is 1. The van der Waals surface area contributed by atoms with E-state index in [4.69, 9.17) is 4.42 Å². The van der Waals surface area contributed by atoms with Gasteiger partial charge in [-0.25, -0.2) is 0 Å². The van der Waals surface area contributed by atoms with Gasteiger partial charge in [-0.1, -0.05) is 13.0 Å². The molecule has 0 aliphatic rings. The molecule has 0 radical (unpaired) electrons. The highest BCUT2D eigenvalue weighted by molar-refractivity contribution is 6.03. The Morgan fingerprint density at radius 3 is 2.64 bits per heavy atom. The maximum absolute atomic E-state index is 12.5. The summed E-state index contributed by atoms with van der Waals surface area (Å²) in [4.78, 5) is 24.5. The van der Waals surface area contributed by atoms with E-state index in [9.17, 15) is 9.59 Å². The highest BCUT2D eigenvalue weighted by Crippen LogP contribution is 2.13. The zero-order valence-corrected chi connectivity index (χ0v) is 16.2. The van der Waals surface area contributed by atoms with Gasteiger partial charge in [-0.15, -0.1) is 0 Å². The van der Waals surface area contributed by atoms with Gasteiger partial charge in [0, 0.05) is 30.0 Å². The maximum atomic E-state index is 12.5. The Morgan fingerprint density at radius 1 is 1.14 bits per heavy atom. The van der Waals surface area contributed by atoms with Crippen molar-refractivity contribution in [2.24, 2.45) is 5.92 Å². The van der Waals surface area contributed by atoms with Crippen LogP contribution in [-0.4, -0.2) is 28.1 Å². The molecule has 0 spiro atoms. The molecule has 0 fully saturated rings. The molecular formula is C21H24N4O3. The Kier molecular flexibility index (Phi) is 5.93. The third-order valence-corrected chi connectivity index (χ3v) is 4.33. The first-order chi connectivity index (χ1) is 13.4. The average molecular weight is 380 g/mol. The second kappa shape index (κ2) is 8.56. The van der Waals surface area contributed by atoms with E-state index in [1.807, 2.05) is 24.6 Å². The quantitative estimate of drug-likeness (QED) is 0.657. The Balaban J connectivity index is 1.55. The number of rotatable bonds is 7. The molecule has 0 bridgehead atoms. The molecule has 2 amide bonds. The summed E-state index contributed by atoms with van der Waals surface area (Å²) in [5.74, 6) is -0.105. The Bertz CT molecular complexity index is 960. The van der Waals surface area contributed by atoms with Gasteiger partial charge in [-0.3, -0.25) is 14.3 Å². The number of nitrogens with zero attached hydrogens (tertiary/aromatic N) is 2. The van der Waals surface area contributed by atoms with Crippen molar-refractivity contribution in [3.8, 4) is 0 Å². The molecule has 1 atom stereocenters. The maximum Gasteiger partial charge on any atom is 0.291 e. The average Bonchev–Trinajstić information content (AvgIpc) is 3.30. The lowest BCUT2D eigenvalue weighted by Gasteiger charge is -2.14. The van der Waals surface area contributed by atoms with Crippen LogP contribution >= 0.6 is 0 Å². The SMILES string of the molecule is Cc1cc(C)n(CC(C)CNC(=O)c2cccc(NC(=O)c3ccco3)c2)n1. The highest BCUT2D eigenvalue weighted by Gasteiger charge is 2.13. The minimum absolute atomic E-state index is 0.186. The number of furan rings is 1. The van der Waals surface area contributed by atoms with Crippen molar-refractivity contribution >= 4 is 17.5 Å². The normalized spacial score (nSPS) is 11.8. The molecule has 7 heteroatoms. The van der Waals surface area contributed by atoms with E-state index in [0.29, 0.717) is 17.8 Å². The molecule has 3 rings (SSSR count). The fourth-order valence-corrected chi connectivity index (χ4v) is 2.93. The van der Waals surface area contributed by atoms with Gasteiger partial charge < -0.3 is 15.1 Å². The third-order valence-electron chi connectivity index (χ3n) is 4.33. The van der Waals surface area contributed by atoms with E-state index in [1.165, 1.54) is 6.26 Å². The number of hydrogen-bond donors (Lipinski definition) is 2. The summed E-state index contributed by atoms with van der Waals surface area (Å²) in [6.45, 7) is 7.32. The number of hydrogen-bond acceptors (Lipinski definition) is 4. The van der Waals surface area contributed by atoms with E-state index in [0.717, 1.165) is 17.9 Å². The van der Waals surface area contributed by atoms with Crippen LogP contribution in [0.2, 0.25) is 0 Å². The van der Waals surface area contributed by atoms with Crippen LogP contribution in [0.3, 0.4) is 0 Å². The van der Waals surface area contributed by atoms with E-state index < -0.39 is 0 Å². The van der Waals surface area contributed by atoms with Gasteiger partial charge in [-0.05, 0) is 56.2 Å². The molecule has 146 valence electrons. The van der Waals surface area contributed by atoms with Gasteiger partial charge in [-0.2, -0.15) is 5.10 Å². The second-order valence-electron chi connectivity index (χ2n) is 6.94. The predicted octanol–water partition coefficient (Wildman–Crippen LogP) is 3.41. The van der Waals surface area contributed by atoms with Crippen molar-refractivity contribution in [3.63, 3.8) is 0 Å². The number of amides is 2. The van der Waals surface area contributed by atoms with Gasteiger partial charge in [0.15, 0.2) is 5.76 Å². The van der Waals surface area contributed by atoms with Crippen LogP contribution in [0, 0.1) is 19.8 Å². The highest BCUT2D eigenvalue weighted by atomic mass is 16.3. The molecule has 3 aromatic rings. The van der Waals surface area contributed by atoms with Crippen molar-refractivity contribution in [3.05, 3.63) is 71.4 Å². The van der Waals surface area contributed by atoms with Crippen LogP contribution in [-0.2, 0) is 6.54 Å². The molecule has 2 aromatic heterocycles. The fourth-order valence-electron chi connectivity index (χ4n) is 2.93. The molecule has 0 aliphatic carbocycles. The van der Waals surface area contributed by atoms with Crippen LogP contribution in [0.25, 0.3) is 0 Å². The topological polar surface area (TPSA) is 89.2 Å². The summed E-state index contributed by atoms with van der Waals surface area (Å²) < 4.78 is 7.03. The summed E-state index contributed by atoms with van der Waals surface area (Å²) in [7, 11) is 0. The van der Waals surface area contributed by atoms with Crippen molar-refractivity contribution in [1.29, 1.82) is 0 Å². The molecule has 0 aliphatic heterocycles. The van der Waals surface area contributed by atoms with Crippen LogP contribution in [0.4, 0.5) is 5.69 Å². The number of aromatic nitrogens is 2. The lowest BCUT2D eigenvalue weighted by molar-refractivity contribution is 0.0944. The fraction of sp³-hybridized carbons (Fsp3) is 0.286. The van der Waals surface area contributed by atoms with E-state index in [-0.39, 0.29) is 23.5 Å². The smallest absolute Gasteiger partial charge is 0.291 e. The molecule has 0 saturated heterocycles. The van der Waals surface area contributed by atoms with Crippen LogP contribution in [0.15, 0.2) is 53.1 Å². The molecule has 1 aromatic carbocycles. The zero-order valence-electron chi connectivity index (χ0n) is 16.2. The number of anilines is 1. The number of carbonyl (C=O) groups is 2. The molecule has 2 N–H and O–H groups in total. The molecule has 7 nitrogen and oxygen atoms in total.